The Bertz CT molecular complexity index is 667. The Morgan fingerprint density at radius 1 is 1.36 bits per heavy atom. The van der Waals surface area contributed by atoms with Crippen molar-refractivity contribution in [1.29, 1.82) is 0 Å². The first-order chi connectivity index (χ1) is 10.5. The average molecular weight is 327 g/mol. The molecule has 1 saturated heterocycles. The third-order valence-corrected chi connectivity index (χ3v) is 4.81. The van der Waals surface area contributed by atoms with E-state index in [1.165, 1.54) is 17.7 Å². The minimum Gasteiger partial charge on any atom is -0.465 e. The number of nitrogens with zero attached hydrogens (tertiary/aromatic N) is 3. The van der Waals surface area contributed by atoms with Gasteiger partial charge in [-0.3, -0.25) is 23.6 Å². The van der Waals surface area contributed by atoms with Crippen molar-refractivity contribution in [1.82, 2.24) is 14.0 Å². The van der Waals surface area contributed by atoms with Crippen LogP contribution in [0.3, 0.4) is 0 Å². The fraction of sp³-hybridized carbons (Fsp3) is 0.643. The molecule has 1 fully saturated rings. The van der Waals surface area contributed by atoms with Crippen LogP contribution >= 0.6 is 11.8 Å². The Labute approximate surface area is 132 Å². The standard InChI is InChI=1S/C14H21N3O4S/c1-4-21-13(19)11-9-22-6-5-17(11)8-10-7-12(18)16(3)14(20)15(10)2/h7,11H,4-6,8-9H2,1-3H3. The van der Waals surface area contributed by atoms with E-state index in [2.05, 4.69) is 0 Å². The van der Waals surface area contributed by atoms with E-state index < -0.39 is 0 Å². The molecule has 0 bridgehead atoms. The monoisotopic (exact) mass is 327 g/mol. The van der Waals surface area contributed by atoms with E-state index in [4.69, 9.17) is 4.74 Å². The second-order valence-corrected chi connectivity index (χ2v) is 6.34. The van der Waals surface area contributed by atoms with E-state index in [1.807, 2.05) is 4.90 Å². The lowest BCUT2D eigenvalue weighted by atomic mass is 10.2. The highest BCUT2D eigenvalue weighted by atomic mass is 32.2. The molecule has 1 aliphatic rings. The summed E-state index contributed by atoms with van der Waals surface area (Å²) in [5.41, 5.74) is -0.0898. The van der Waals surface area contributed by atoms with Crippen molar-refractivity contribution in [2.75, 3.05) is 24.7 Å². The van der Waals surface area contributed by atoms with Gasteiger partial charge in [0.25, 0.3) is 5.56 Å². The Kier molecular flexibility index (Phi) is 5.47. The molecule has 0 saturated carbocycles. The lowest BCUT2D eigenvalue weighted by Crippen LogP contribution is -2.48. The summed E-state index contributed by atoms with van der Waals surface area (Å²) in [4.78, 5) is 37.8. The molecule has 0 spiro atoms. The molecular weight excluding hydrogens is 306 g/mol. The number of hydrogen-bond donors (Lipinski definition) is 0. The molecule has 1 aromatic rings. The highest BCUT2D eigenvalue weighted by molar-refractivity contribution is 7.99. The number of ether oxygens (including phenoxy) is 1. The SMILES string of the molecule is CCOC(=O)C1CSCCN1Cc1cc(=O)n(C)c(=O)n1C. The van der Waals surface area contributed by atoms with Crippen LogP contribution in [-0.2, 0) is 30.2 Å². The quantitative estimate of drug-likeness (QED) is 0.699. The summed E-state index contributed by atoms with van der Waals surface area (Å²) < 4.78 is 7.64. The minimum absolute atomic E-state index is 0.247. The number of esters is 1. The third-order valence-electron chi connectivity index (χ3n) is 3.79. The normalized spacial score (nSPS) is 19.1. The van der Waals surface area contributed by atoms with Crippen LogP contribution in [0.5, 0.6) is 0 Å². The molecule has 0 amide bonds. The van der Waals surface area contributed by atoms with Gasteiger partial charge in [-0.25, -0.2) is 4.79 Å². The van der Waals surface area contributed by atoms with Gasteiger partial charge in [-0.2, -0.15) is 11.8 Å². The van der Waals surface area contributed by atoms with Crippen molar-refractivity contribution in [3.05, 3.63) is 32.6 Å². The molecule has 0 aromatic carbocycles. The van der Waals surface area contributed by atoms with Crippen LogP contribution in [0.15, 0.2) is 15.7 Å². The van der Waals surface area contributed by atoms with Crippen LogP contribution in [0.4, 0.5) is 0 Å². The minimum atomic E-state index is -0.360. The van der Waals surface area contributed by atoms with Gasteiger partial charge < -0.3 is 4.74 Å². The van der Waals surface area contributed by atoms with Crippen LogP contribution in [0.1, 0.15) is 12.6 Å². The van der Waals surface area contributed by atoms with Crippen molar-refractivity contribution in [2.24, 2.45) is 14.1 Å². The summed E-state index contributed by atoms with van der Waals surface area (Å²) in [5.74, 6) is 1.33. The molecule has 0 radical (unpaired) electrons. The van der Waals surface area contributed by atoms with E-state index in [1.54, 1.807) is 25.7 Å². The van der Waals surface area contributed by atoms with Gasteiger partial charge in [-0.05, 0) is 6.92 Å². The molecule has 2 heterocycles. The summed E-state index contributed by atoms with van der Waals surface area (Å²) in [6, 6.07) is 1.11. The van der Waals surface area contributed by atoms with Gasteiger partial charge in [0.1, 0.15) is 6.04 Å². The second-order valence-electron chi connectivity index (χ2n) is 5.19. The smallest absolute Gasteiger partial charge is 0.330 e. The van der Waals surface area contributed by atoms with Gasteiger partial charge in [0.2, 0.25) is 0 Å². The molecule has 1 aromatic heterocycles. The predicted molar refractivity (Wildman–Crippen MR) is 85.1 cm³/mol. The fourth-order valence-electron chi connectivity index (χ4n) is 2.42. The molecule has 7 nitrogen and oxygen atoms in total. The van der Waals surface area contributed by atoms with Crippen molar-refractivity contribution >= 4 is 17.7 Å². The number of aromatic nitrogens is 2. The highest BCUT2D eigenvalue weighted by Gasteiger charge is 2.30. The number of carbonyl (C=O) groups excluding carboxylic acids is 1. The summed E-state index contributed by atoms with van der Waals surface area (Å²) in [6.45, 7) is 3.23. The van der Waals surface area contributed by atoms with Crippen LogP contribution in [0, 0.1) is 0 Å². The van der Waals surface area contributed by atoms with Crippen LogP contribution in [0.25, 0.3) is 0 Å². The molecule has 0 aliphatic carbocycles. The Morgan fingerprint density at radius 3 is 2.77 bits per heavy atom. The predicted octanol–water partition coefficient (Wildman–Crippen LogP) is -0.435. The zero-order valence-electron chi connectivity index (χ0n) is 13.1. The Balaban J connectivity index is 2.26. The third kappa shape index (κ3) is 3.44. The van der Waals surface area contributed by atoms with E-state index in [0.717, 1.165) is 16.9 Å². The molecule has 122 valence electrons. The van der Waals surface area contributed by atoms with E-state index >= 15 is 0 Å². The number of rotatable bonds is 4. The number of hydrogen-bond acceptors (Lipinski definition) is 6. The van der Waals surface area contributed by atoms with E-state index in [-0.39, 0.29) is 23.3 Å². The molecule has 22 heavy (non-hydrogen) atoms. The Morgan fingerprint density at radius 2 is 2.09 bits per heavy atom. The largest absolute Gasteiger partial charge is 0.465 e. The van der Waals surface area contributed by atoms with Crippen molar-refractivity contribution in [3.63, 3.8) is 0 Å². The highest BCUT2D eigenvalue weighted by Crippen LogP contribution is 2.19. The van der Waals surface area contributed by atoms with Crippen molar-refractivity contribution in [3.8, 4) is 0 Å². The molecule has 1 atom stereocenters. The fourth-order valence-corrected chi connectivity index (χ4v) is 3.52. The number of carbonyl (C=O) groups is 1. The van der Waals surface area contributed by atoms with Gasteiger partial charge in [0, 0.05) is 50.5 Å². The van der Waals surface area contributed by atoms with Crippen LogP contribution in [-0.4, -0.2) is 50.7 Å². The first kappa shape index (κ1) is 16.8. The molecule has 1 unspecified atom stereocenters. The molecule has 1 aliphatic heterocycles. The van der Waals surface area contributed by atoms with E-state index in [0.29, 0.717) is 24.6 Å². The maximum absolute atomic E-state index is 12.1. The molecule has 0 N–H and O–H groups in total. The summed E-state index contributed by atoms with van der Waals surface area (Å²) in [5, 5.41) is 0. The topological polar surface area (TPSA) is 73.5 Å². The van der Waals surface area contributed by atoms with Crippen molar-refractivity contribution < 1.29 is 9.53 Å². The zero-order chi connectivity index (χ0) is 16.3. The molecule has 2 rings (SSSR count). The van der Waals surface area contributed by atoms with Gasteiger partial charge in [0.15, 0.2) is 0 Å². The maximum Gasteiger partial charge on any atom is 0.330 e. The van der Waals surface area contributed by atoms with Gasteiger partial charge in [0.05, 0.1) is 6.61 Å². The van der Waals surface area contributed by atoms with Gasteiger partial charge >= 0.3 is 11.7 Å². The lowest BCUT2D eigenvalue weighted by Gasteiger charge is -2.33. The zero-order valence-corrected chi connectivity index (χ0v) is 13.9. The summed E-state index contributed by atoms with van der Waals surface area (Å²) >= 11 is 1.71. The first-order valence-electron chi connectivity index (χ1n) is 7.20. The number of thioether (sulfide) groups is 1. The van der Waals surface area contributed by atoms with Gasteiger partial charge in [-0.1, -0.05) is 0 Å². The van der Waals surface area contributed by atoms with Crippen molar-refractivity contribution in [2.45, 2.75) is 19.5 Å². The van der Waals surface area contributed by atoms with Crippen LogP contribution < -0.4 is 11.2 Å². The first-order valence-corrected chi connectivity index (χ1v) is 8.35. The van der Waals surface area contributed by atoms with E-state index in [9.17, 15) is 14.4 Å². The van der Waals surface area contributed by atoms with Crippen LogP contribution in [0.2, 0.25) is 0 Å². The summed E-state index contributed by atoms with van der Waals surface area (Å²) in [7, 11) is 3.09. The lowest BCUT2D eigenvalue weighted by molar-refractivity contribution is -0.149. The molecular formula is C14H21N3O4S. The second kappa shape index (κ2) is 7.15. The van der Waals surface area contributed by atoms with Gasteiger partial charge in [-0.15, -0.1) is 0 Å². The molecule has 8 heteroatoms. The summed E-state index contributed by atoms with van der Waals surface area (Å²) in [6.07, 6.45) is 0. The Hall–Kier alpha value is -1.54. The maximum atomic E-state index is 12.1. The average Bonchev–Trinajstić information content (AvgIpc) is 2.51.